The maximum absolute atomic E-state index is 12.4. The SMILES string of the molecule is CCCCOC(=O)c1nc2ccccc2nc1NCc1ccccc1. The van der Waals surface area contributed by atoms with Crippen molar-refractivity contribution < 1.29 is 9.53 Å². The monoisotopic (exact) mass is 335 g/mol. The summed E-state index contributed by atoms with van der Waals surface area (Å²) in [5, 5.41) is 3.22. The zero-order valence-electron chi connectivity index (χ0n) is 14.2. The minimum absolute atomic E-state index is 0.228. The number of hydrogen-bond donors (Lipinski definition) is 1. The summed E-state index contributed by atoms with van der Waals surface area (Å²) < 4.78 is 5.33. The standard InChI is InChI=1S/C20H21N3O2/c1-2-3-13-25-20(24)18-19(21-14-15-9-5-4-6-10-15)23-17-12-8-7-11-16(17)22-18/h4-12H,2-3,13-14H2,1H3,(H,21,23). The Balaban J connectivity index is 1.87. The van der Waals surface area contributed by atoms with Crippen molar-refractivity contribution in [3.05, 3.63) is 65.9 Å². The molecule has 25 heavy (non-hydrogen) atoms. The van der Waals surface area contributed by atoms with Crippen LogP contribution in [0.1, 0.15) is 35.8 Å². The van der Waals surface area contributed by atoms with Crippen LogP contribution in [0.3, 0.4) is 0 Å². The first-order valence-corrected chi connectivity index (χ1v) is 8.49. The van der Waals surface area contributed by atoms with Gasteiger partial charge in [-0.2, -0.15) is 0 Å². The van der Waals surface area contributed by atoms with Gasteiger partial charge in [0.15, 0.2) is 11.5 Å². The Morgan fingerprint density at radius 2 is 1.68 bits per heavy atom. The van der Waals surface area contributed by atoms with Gasteiger partial charge < -0.3 is 10.1 Å². The molecule has 0 aliphatic heterocycles. The highest BCUT2D eigenvalue weighted by atomic mass is 16.5. The lowest BCUT2D eigenvalue weighted by molar-refractivity contribution is 0.0494. The summed E-state index contributed by atoms with van der Waals surface area (Å²) in [6.07, 6.45) is 1.80. The maximum Gasteiger partial charge on any atom is 0.360 e. The van der Waals surface area contributed by atoms with Crippen molar-refractivity contribution in [1.82, 2.24) is 9.97 Å². The molecule has 0 bridgehead atoms. The van der Waals surface area contributed by atoms with Crippen LogP contribution in [0.2, 0.25) is 0 Å². The van der Waals surface area contributed by atoms with Gasteiger partial charge in [0.25, 0.3) is 0 Å². The molecule has 0 unspecified atom stereocenters. The topological polar surface area (TPSA) is 64.1 Å². The molecule has 1 aromatic heterocycles. The third kappa shape index (κ3) is 4.32. The minimum Gasteiger partial charge on any atom is -0.461 e. The quantitative estimate of drug-likeness (QED) is 0.518. The predicted molar refractivity (Wildman–Crippen MR) is 98.5 cm³/mol. The van der Waals surface area contributed by atoms with Gasteiger partial charge >= 0.3 is 5.97 Å². The van der Waals surface area contributed by atoms with Crippen LogP contribution in [0.5, 0.6) is 0 Å². The number of carbonyl (C=O) groups is 1. The summed E-state index contributed by atoms with van der Waals surface area (Å²) in [5.41, 5.74) is 2.74. The maximum atomic E-state index is 12.4. The fourth-order valence-corrected chi connectivity index (χ4v) is 2.42. The molecule has 0 saturated heterocycles. The van der Waals surface area contributed by atoms with E-state index in [1.807, 2.05) is 54.6 Å². The van der Waals surface area contributed by atoms with Gasteiger partial charge in [-0.15, -0.1) is 0 Å². The van der Waals surface area contributed by atoms with Gasteiger partial charge in [-0.1, -0.05) is 55.8 Å². The molecule has 0 saturated carbocycles. The summed E-state index contributed by atoms with van der Waals surface area (Å²) in [7, 11) is 0. The lowest BCUT2D eigenvalue weighted by atomic mass is 10.2. The lowest BCUT2D eigenvalue weighted by Gasteiger charge is -2.11. The van der Waals surface area contributed by atoms with Crippen LogP contribution >= 0.6 is 0 Å². The average molecular weight is 335 g/mol. The van der Waals surface area contributed by atoms with Crippen molar-refractivity contribution in [3.8, 4) is 0 Å². The van der Waals surface area contributed by atoms with Gasteiger partial charge in [-0.3, -0.25) is 0 Å². The van der Waals surface area contributed by atoms with Crippen LogP contribution in [0.25, 0.3) is 11.0 Å². The number of unbranched alkanes of at least 4 members (excludes halogenated alkanes) is 1. The fourth-order valence-electron chi connectivity index (χ4n) is 2.42. The second-order valence-electron chi connectivity index (χ2n) is 5.74. The van der Waals surface area contributed by atoms with Gasteiger partial charge in [0.1, 0.15) is 0 Å². The summed E-state index contributed by atoms with van der Waals surface area (Å²) in [4.78, 5) is 21.5. The predicted octanol–water partition coefficient (Wildman–Crippen LogP) is 4.20. The number of ether oxygens (including phenoxy) is 1. The Bertz CT molecular complexity index is 850. The Hall–Kier alpha value is -2.95. The van der Waals surface area contributed by atoms with Crippen LogP contribution in [-0.2, 0) is 11.3 Å². The molecule has 0 radical (unpaired) electrons. The molecule has 0 aliphatic carbocycles. The van der Waals surface area contributed by atoms with Crippen molar-refractivity contribution >= 4 is 22.8 Å². The molecule has 1 heterocycles. The molecule has 128 valence electrons. The molecular formula is C20H21N3O2. The van der Waals surface area contributed by atoms with E-state index in [9.17, 15) is 4.79 Å². The number of anilines is 1. The Morgan fingerprint density at radius 1 is 1.00 bits per heavy atom. The van der Waals surface area contributed by atoms with E-state index in [-0.39, 0.29) is 5.69 Å². The van der Waals surface area contributed by atoms with E-state index in [1.165, 1.54) is 0 Å². The van der Waals surface area contributed by atoms with E-state index in [4.69, 9.17) is 4.74 Å². The summed E-state index contributed by atoms with van der Waals surface area (Å²) in [6.45, 7) is 3.00. The van der Waals surface area contributed by atoms with Crippen LogP contribution in [-0.4, -0.2) is 22.5 Å². The Labute approximate surface area is 147 Å². The van der Waals surface area contributed by atoms with E-state index in [0.29, 0.717) is 24.5 Å². The fraction of sp³-hybridized carbons (Fsp3) is 0.250. The molecule has 2 aromatic carbocycles. The number of carbonyl (C=O) groups excluding carboxylic acids is 1. The molecule has 0 aliphatic rings. The number of nitrogens with one attached hydrogen (secondary N) is 1. The third-order valence-electron chi connectivity index (χ3n) is 3.80. The molecule has 3 aromatic rings. The highest BCUT2D eigenvalue weighted by molar-refractivity contribution is 5.95. The first-order chi connectivity index (χ1) is 12.3. The van der Waals surface area contributed by atoms with Crippen LogP contribution in [0.15, 0.2) is 54.6 Å². The highest BCUT2D eigenvalue weighted by Gasteiger charge is 2.17. The molecular weight excluding hydrogens is 314 g/mol. The number of rotatable bonds is 7. The van der Waals surface area contributed by atoms with Crippen molar-refractivity contribution in [1.29, 1.82) is 0 Å². The minimum atomic E-state index is -0.442. The number of nitrogens with zero attached hydrogens (tertiary/aromatic N) is 2. The van der Waals surface area contributed by atoms with E-state index >= 15 is 0 Å². The number of fused-ring (bicyclic) bond motifs is 1. The molecule has 0 amide bonds. The number of aromatic nitrogens is 2. The van der Waals surface area contributed by atoms with Gasteiger partial charge in [-0.05, 0) is 24.1 Å². The largest absolute Gasteiger partial charge is 0.461 e. The van der Waals surface area contributed by atoms with Gasteiger partial charge in [0, 0.05) is 6.54 Å². The second kappa shape index (κ2) is 8.24. The van der Waals surface area contributed by atoms with Crippen LogP contribution in [0.4, 0.5) is 5.82 Å². The molecule has 5 nitrogen and oxygen atoms in total. The number of esters is 1. The lowest BCUT2D eigenvalue weighted by Crippen LogP contribution is -2.14. The first-order valence-electron chi connectivity index (χ1n) is 8.49. The molecule has 5 heteroatoms. The van der Waals surface area contributed by atoms with Gasteiger partial charge in [0.2, 0.25) is 0 Å². The number of hydrogen-bond acceptors (Lipinski definition) is 5. The summed E-state index contributed by atoms with van der Waals surface area (Å²) >= 11 is 0. The highest BCUT2D eigenvalue weighted by Crippen LogP contribution is 2.19. The zero-order valence-corrected chi connectivity index (χ0v) is 14.2. The van der Waals surface area contributed by atoms with E-state index < -0.39 is 5.97 Å². The van der Waals surface area contributed by atoms with Crippen molar-refractivity contribution in [2.45, 2.75) is 26.3 Å². The van der Waals surface area contributed by atoms with Crippen molar-refractivity contribution in [3.63, 3.8) is 0 Å². The Kier molecular flexibility index (Phi) is 5.57. The summed E-state index contributed by atoms with van der Waals surface area (Å²) in [6, 6.07) is 17.4. The number of benzene rings is 2. The van der Waals surface area contributed by atoms with E-state index in [2.05, 4.69) is 22.2 Å². The second-order valence-corrected chi connectivity index (χ2v) is 5.74. The molecule has 0 spiro atoms. The van der Waals surface area contributed by atoms with E-state index in [0.717, 1.165) is 23.9 Å². The molecule has 3 rings (SSSR count). The summed E-state index contributed by atoms with van der Waals surface area (Å²) in [5.74, 6) is 0.00585. The van der Waals surface area contributed by atoms with Crippen molar-refractivity contribution in [2.24, 2.45) is 0 Å². The van der Waals surface area contributed by atoms with Gasteiger partial charge in [-0.25, -0.2) is 14.8 Å². The van der Waals surface area contributed by atoms with Gasteiger partial charge in [0.05, 0.1) is 17.6 Å². The first kappa shape index (κ1) is 16.9. The van der Waals surface area contributed by atoms with Crippen LogP contribution < -0.4 is 5.32 Å². The normalized spacial score (nSPS) is 10.6. The molecule has 1 N–H and O–H groups in total. The third-order valence-corrected chi connectivity index (χ3v) is 3.80. The smallest absolute Gasteiger partial charge is 0.360 e. The van der Waals surface area contributed by atoms with Crippen LogP contribution in [0, 0.1) is 0 Å². The molecule has 0 atom stereocenters. The van der Waals surface area contributed by atoms with E-state index in [1.54, 1.807) is 0 Å². The van der Waals surface area contributed by atoms with Crippen molar-refractivity contribution in [2.75, 3.05) is 11.9 Å². The number of para-hydroxylation sites is 2. The zero-order chi connectivity index (χ0) is 17.5. The Morgan fingerprint density at radius 3 is 2.40 bits per heavy atom. The average Bonchev–Trinajstić information content (AvgIpc) is 2.66. The molecule has 0 fully saturated rings.